The van der Waals surface area contributed by atoms with Gasteiger partial charge < -0.3 is 9.47 Å². The van der Waals surface area contributed by atoms with Crippen LogP contribution in [0.5, 0.6) is 0 Å². The second kappa shape index (κ2) is 9.60. The van der Waals surface area contributed by atoms with E-state index in [1.165, 1.54) is 28.6 Å². The van der Waals surface area contributed by atoms with Crippen LogP contribution >= 0.6 is 0 Å². The second-order valence-electron chi connectivity index (χ2n) is 6.32. The van der Waals surface area contributed by atoms with E-state index in [1.54, 1.807) is 42.5 Å². The molecule has 29 heavy (non-hydrogen) atoms. The smallest absolute Gasteiger partial charge is 0.331 e. The van der Waals surface area contributed by atoms with Crippen LogP contribution in [0, 0.1) is 0 Å². The van der Waals surface area contributed by atoms with Crippen molar-refractivity contribution in [3.8, 4) is 0 Å². The first-order valence-corrected chi connectivity index (χ1v) is 10.5. The minimum Gasteiger partial charge on any atom is -0.454 e. The number of hydrogen-bond acceptors (Lipinski definition) is 6. The van der Waals surface area contributed by atoms with Crippen LogP contribution < -0.4 is 0 Å². The Kier molecular flexibility index (Phi) is 6.92. The Morgan fingerprint density at radius 1 is 1.00 bits per heavy atom. The van der Waals surface area contributed by atoms with Gasteiger partial charge in [0.25, 0.3) is 0 Å². The zero-order valence-corrected chi connectivity index (χ0v) is 16.5. The van der Waals surface area contributed by atoms with Crippen LogP contribution in [0.4, 0.5) is 0 Å². The van der Waals surface area contributed by atoms with E-state index in [2.05, 4.69) is 0 Å². The van der Waals surface area contributed by atoms with Crippen molar-refractivity contribution in [2.75, 3.05) is 32.9 Å². The van der Waals surface area contributed by atoms with Gasteiger partial charge in [-0.1, -0.05) is 42.5 Å². The number of esters is 1. The number of hydrogen-bond donors (Lipinski definition) is 0. The molecule has 0 bridgehead atoms. The summed E-state index contributed by atoms with van der Waals surface area (Å²) in [6.07, 6.45) is 2.70. The third-order valence-corrected chi connectivity index (χ3v) is 6.25. The number of morpholine rings is 1. The predicted molar refractivity (Wildman–Crippen MR) is 107 cm³/mol. The van der Waals surface area contributed by atoms with Gasteiger partial charge in [0.2, 0.25) is 10.0 Å². The minimum atomic E-state index is -3.55. The van der Waals surface area contributed by atoms with E-state index in [4.69, 9.17) is 9.47 Å². The number of nitrogens with zero attached hydrogens (tertiary/aromatic N) is 1. The molecule has 0 atom stereocenters. The van der Waals surface area contributed by atoms with Crippen LogP contribution in [0.1, 0.15) is 15.9 Å². The van der Waals surface area contributed by atoms with Gasteiger partial charge in [-0.05, 0) is 23.8 Å². The molecule has 7 nitrogen and oxygen atoms in total. The molecule has 1 fully saturated rings. The van der Waals surface area contributed by atoms with Gasteiger partial charge in [-0.2, -0.15) is 4.31 Å². The average Bonchev–Trinajstić information content (AvgIpc) is 2.77. The van der Waals surface area contributed by atoms with Gasteiger partial charge >= 0.3 is 5.97 Å². The summed E-state index contributed by atoms with van der Waals surface area (Å²) >= 11 is 0. The normalized spacial score (nSPS) is 15.3. The molecule has 0 amide bonds. The quantitative estimate of drug-likeness (QED) is 0.391. The molecule has 1 aliphatic heterocycles. The minimum absolute atomic E-state index is 0.188. The molecule has 0 aromatic heterocycles. The lowest BCUT2D eigenvalue weighted by Crippen LogP contribution is -2.40. The Morgan fingerprint density at radius 2 is 1.66 bits per heavy atom. The van der Waals surface area contributed by atoms with Crippen molar-refractivity contribution in [2.45, 2.75) is 4.90 Å². The molecule has 0 spiro atoms. The Labute approximate surface area is 169 Å². The Morgan fingerprint density at radius 3 is 2.31 bits per heavy atom. The van der Waals surface area contributed by atoms with Crippen molar-refractivity contribution in [1.82, 2.24) is 4.31 Å². The maximum atomic E-state index is 12.6. The first-order chi connectivity index (χ1) is 14.0. The highest BCUT2D eigenvalue weighted by Gasteiger charge is 2.25. The molecule has 0 saturated carbocycles. The summed E-state index contributed by atoms with van der Waals surface area (Å²) in [6, 6.07) is 14.8. The second-order valence-corrected chi connectivity index (χ2v) is 8.25. The Bertz CT molecular complexity index is 978. The van der Waals surface area contributed by atoms with Crippen LogP contribution in [0.3, 0.4) is 0 Å². The van der Waals surface area contributed by atoms with Crippen molar-refractivity contribution >= 4 is 27.9 Å². The molecule has 0 aliphatic carbocycles. The third kappa shape index (κ3) is 5.60. The van der Waals surface area contributed by atoms with E-state index < -0.39 is 16.0 Å². The molecule has 1 saturated heterocycles. The van der Waals surface area contributed by atoms with E-state index in [0.29, 0.717) is 37.4 Å². The molecule has 2 aromatic carbocycles. The number of ether oxygens (including phenoxy) is 2. The van der Waals surface area contributed by atoms with E-state index in [-0.39, 0.29) is 17.3 Å². The van der Waals surface area contributed by atoms with Gasteiger partial charge in [-0.25, -0.2) is 13.2 Å². The zero-order chi connectivity index (χ0) is 20.7. The van der Waals surface area contributed by atoms with Crippen LogP contribution in [0.15, 0.2) is 65.6 Å². The number of rotatable bonds is 7. The first kappa shape index (κ1) is 20.9. The molecular formula is C21H21NO6S. The number of carbonyl (C=O) groups is 2. The van der Waals surface area contributed by atoms with Gasteiger partial charge in [0.1, 0.15) is 0 Å². The van der Waals surface area contributed by atoms with E-state index in [1.807, 2.05) is 0 Å². The van der Waals surface area contributed by atoms with Gasteiger partial charge in [0.05, 0.1) is 18.1 Å². The van der Waals surface area contributed by atoms with Gasteiger partial charge in [0, 0.05) is 24.7 Å². The number of sulfonamides is 1. The standard InChI is InChI=1S/C21H21NO6S/c23-20(18-4-2-1-3-5-18)16-28-21(24)11-8-17-6-9-19(10-7-17)29(25,26)22-12-14-27-15-13-22/h1-11H,12-16H2. The topological polar surface area (TPSA) is 90.0 Å². The van der Waals surface area contributed by atoms with Crippen molar-refractivity contribution in [3.63, 3.8) is 0 Å². The fourth-order valence-electron chi connectivity index (χ4n) is 2.74. The van der Waals surface area contributed by atoms with Crippen molar-refractivity contribution in [1.29, 1.82) is 0 Å². The van der Waals surface area contributed by atoms with E-state index in [0.717, 1.165) is 0 Å². The summed E-state index contributed by atoms with van der Waals surface area (Å²) in [7, 11) is -3.55. The monoisotopic (exact) mass is 415 g/mol. The maximum absolute atomic E-state index is 12.6. The SMILES string of the molecule is O=C(C=Cc1ccc(S(=O)(=O)N2CCOCC2)cc1)OCC(=O)c1ccccc1. The van der Waals surface area contributed by atoms with Crippen LogP contribution in [0.2, 0.25) is 0 Å². The van der Waals surface area contributed by atoms with Gasteiger partial charge in [0.15, 0.2) is 12.4 Å². The van der Waals surface area contributed by atoms with Crippen LogP contribution in [0.25, 0.3) is 6.08 Å². The third-order valence-electron chi connectivity index (χ3n) is 4.34. The van der Waals surface area contributed by atoms with Gasteiger partial charge in [-0.3, -0.25) is 4.79 Å². The molecule has 152 valence electrons. The van der Waals surface area contributed by atoms with E-state index in [9.17, 15) is 18.0 Å². The molecule has 0 unspecified atom stereocenters. The number of carbonyl (C=O) groups excluding carboxylic acids is 2. The fourth-order valence-corrected chi connectivity index (χ4v) is 4.15. The summed E-state index contributed by atoms with van der Waals surface area (Å²) in [5.41, 5.74) is 1.11. The summed E-state index contributed by atoms with van der Waals surface area (Å²) in [5, 5.41) is 0. The summed E-state index contributed by atoms with van der Waals surface area (Å²) < 4.78 is 36.7. The first-order valence-electron chi connectivity index (χ1n) is 9.08. The fraction of sp³-hybridized carbons (Fsp3) is 0.238. The Hall–Kier alpha value is -2.81. The number of benzene rings is 2. The van der Waals surface area contributed by atoms with Crippen LogP contribution in [-0.2, 0) is 24.3 Å². The molecule has 8 heteroatoms. The van der Waals surface area contributed by atoms with E-state index >= 15 is 0 Å². The lowest BCUT2D eigenvalue weighted by Gasteiger charge is -2.26. The molecule has 1 aliphatic rings. The summed E-state index contributed by atoms with van der Waals surface area (Å²) in [6.45, 7) is 1.09. The lowest BCUT2D eigenvalue weighted by molar-refractivity contribution is -0.136. The van der Waals surface area contributed by atoms with Crippen molar-refractivity contribution < 1.29 is 27.5 Å². The lowest BCUT2D eigenvalue weighted by atomic mass is 10.1. The summed E-state index contributed by atoms with van der Waals surface area (Å²) in [5.74, 6) is -0.940. The van der Waals surface area contributed by atoms with Crippen molar-refractivity contribution in [2.24, 2.45) is 0 Å². The highest BCUT2D eigenvalue weighted by molar-refractivity contribution is 7.89. The van der Waals surface area contributed by atoms with Crippen molar-refractivity contribution in [3.05, 3.63) is 71.8 Å². The molecule has 0 radical (unpaired) electrons. The molecule has 3 rings (SSSR count). The highest BCUT2D eigenvalue weighted by atomic mass is 32.2. The molecular weight excluding hydrogens is 394 g/mol. The van der Waals surface area contributed by atoms with Crippen LogP contribution in [-0.4, -0.2) is 57.4 Å². The largest absolute Gasteiger partial charge is 0.454 e. The maximum Gasteiger partial charge on any atom is 0.331 e. The Balaban J connectivity index is 1.55. The van der Waals surface area contributed by atoms with Gasteiger partial charge in [-0.15, -0.1) is 0 Å². The zero-order valence-electron chi connectivity index (χ0n) is 15.7. The number of ketones is 1. The molecule has 0 N–H and O–H groups in total. The predicted octanol–water partition coefficient (Wildman–Crippen LogP) is 2.15. The summed E-state index contributed by atoms with van der Waals surface area (Å²) in [4.78, 5) is 23.9. The molecule has 2 aromatic rings. The highest BCUT2D eigenvalue weighted by Crippen LogP contribution is 2.18. The molecule has 1 heterocycles. The average molecular weight is 415 g/mol. The number of Topliss-reactive ketones (excluding diaryl/α,β-unsaturated/α-hetero) is 1.